The number of aliphatic hydroxyl groups is 1. The smallest absolute Gasteiger partial charge is 0.253 e. The van der Waals surface area contributed by atoms with Gasteiger partial charge in [-0.3, -0.25) is 4.79 Å². The number of aryl methyl sites for hydroxylation is 1. The summed E-state index contributed by atoms with van der Waals surface area (Å²) in [7, 11) is 0. The normalized spacial score (nSPS) is 19.3. The van der Waals surface area contributed by atoms with Crippen LogP contribution in [0.1, 0.15) is 35.2 Å². The van der Waals surface area contributed by atoms with Crippen LogP contribution in [0, 0.1) is 5.41 Å². The van der Waals surface area contributed by atoms with Crippen LogP contribution >= 0.6 is 0 Å². The van der Waals surface area contributed by atoms with E-state index < -0.39 is 0 Å². The van der Waals surface area contributed by atoms with Crippen LogP contribution in [0.15, 0.2) is 73.1 Å². The fourth-order valence-corrected chi connectivity index (χ4v) is 4.21. The number of amides is 1. The molecule has 29 heavy (non-hydrogen) atoms. The van der Waals surface area contributed by atoms with Gasteiger partial charge in [0.1, 0.15) is 0 Å². The van der Waals surface area contributed by atoms with Crippen molar-refractivity contribution in [3.63, 3.8) is 0 Å². The van der Waals surface area contributed by atoms with E-state index in [1.807, 2.05) is 59.6 Å². The van der Waals surface area contributed by atoms with Gasteiger partial charge in [-0.15, -0.1) is 0 Å². The zero-order valence-corrected chi connectivity index (χ0v) is 16.6. The van der Waals surface area contributed by atoms with Crippen molar-refractivity contribution in [1.82, 2.24) is 14.7 Å². The second kappa shape index (κ2) is 8.62. The first kappa shape index (κ1) is 19.4. The first-order valence-corrected chi connectivity index (χ1v) is 10.2. The molecular weight excluding hydrogens is 362 g/mol. The van der Waals surface area contributed by atoms with Crippen LogP contribution in [-0.2, 0) is 6.42 Å². The molecule has 0 aliphatic carbocycles. The van der Waals surface area contributed by atoms with Crippen LogP contribution in [0.3, 0.4) is 0 Å². The lowest BCUT2D eigenvalue weighted by atomic mass is 9.76. The number of nitrogens with zero attached hydrogens (tertiary/aromatic N) is 3. The fourth-order valence-electron chi connectivity index (χ4n) is 4.21. The van der Waals surface area contributed by atoms with Crippen molar-refractivity contribution in [3.05, 3.63) is 84.2 Å². The first-order chi connectivity index (χ1) is 14.2. The highest BCUT2D eigenvalue weighted by Crippen LogP contribution is 2.35. The molecule has 0 spiro atoms. The number of carbonyl (C=O) groups excluding carboxylic acids is 1. The van der Waals surface area contributed by atoms with Gasteiger partial charge in [0.25, 0.3) is 5.91 Å². The summed E-state index contributed by atoms with van der Waals surface area (Å²) in [5.74, 6) is 0.0363. The molecule has 1 atom stereocenters. The Hall–Kier alpha value is -2.92. The molecule has 1 N–H and O–H groups in total. The molecule has 150 valence electrons. The SMILES string of the molecule is O=C(c1ccc(-n2cccn2)cc1)N1CCC[C@@](CO)(CCc2ccccc2)C1. The standard InChI is InChI=1S/C24H27N3O2/c28-19-24(14-12-20-6-2-1-3-7-20)13-4-16-26(18-24)23(29)21-8-10-22(11-9-21)27-17-5-15-25-27/h1-3,5-11,15,17,28H,4,12-14,16,18-19H2/t24-/m1/s1. The molecule has 1 fully saturated rings. The molecule has 2 aromatic carbocycles. The predicted octanol–water partition coefficient (Wildman–Crippen LogP) is 3.72. The Bertz CT molecular complexity index is 923. The zero-order valence-electron chi connectivity index (χ0n) is 16.6. The molecular formula is C24H27N3O2. The third kappa shape index (κ3) is 4.40. The van der Waals surface area contributed by atoms with Crippen LogP contribution in [-0.4, -0.2) is 45.4 Å². The third-order valence-electron chi connectivity index (χ3n) is 5.95. The fraction of sp³-hybridized carbons (Fsp3) is 0.333. The van der Waals surface area contributed by atoms with Gasteiger partial charge in [0.2, 0.25) is 0 Å². The second-order valence-electron chi connectivity index (χ2n) is 7.97. The van der Waals surface area contributed by atoms with E-state index in [0.717, 1.165) is 37.9 Å². The van der Waals surface area contributed by atoms with Crippen molar-refractivity contribution in [2.45, 2.75) is 25.7 Å². The van der Waals surface area contributed by atoms with E-state index in [1.54, 1.807) is 10.9 Å². The number of benzene rings is 2. The van der Waals surface area contributed by atoms with Gasteiger partial charge in [-0.2, -0.15) is 5.10 Å². The Morgan fingerprint density at radius 1 is 1.07 bits per heavy atom. The minimum Gasteiger partial charge on any atom is -0.396 e. The maximum absolute atomic E-state index is 13.1. The quantitative estimate of drug-likeness (QED) is 0.699. The molecule has 0 radical (unpaired) electrons. The number of aliphatic hydroxyl groups excluding tert-OH is 1. The number of hydrogen-bond acceptors (Lipinski definition) is 3. The summed E-state index contributed by atoms with van der Waals surface area (Å²) in [6.45, 7) is 1.46. The van der Waals surface area contributed by atoms with E-state index in [9.17, 15) is 9.90 Å². The van der Waals surface area contributed by atoms with E-state index in [-0.39, 0.29) is 17.9 Å². The average molecular weight is 389 g/mol. The molecule has 1 aliphatic heterocycles. The lowest BCUT2D eigenvalue weighted by Gasteiger charge is -2.42. The Morgan fingerprint density at radius 2 is 1.86 bits per heavy atom. The molecule has 2 heterocycles. The average Bonchev–Trinajstić information content (AvgIpc) is 3.33. The highest BCUT2D eigenvalue weighted by atomic mass is 16.3. The van der Waals surface area contributed by atoms with Gasteiger partial charge >= 0.3 is 0 Å². The van der Waals surface area contributed by atoms with Crippen LogP contribution in [0.4, 0.5) is 0 Å². The maximum atomic E-state index is 13.1. The van der Waals surface area contributed by atoms with Gasteiger partial charge in [0.15, 0.2) is 0 Å². The van der Waals surface area contributed by atoms with Crippen molar-refractivity contribution in [2.75, 3.05) is 19.7 Å². The molecule has 1 saturated heterocycles. The topological polar surface area (TPSA) is 58.4 Å². The van der Waals surface area contributed by atoms with E-state index >= 15 is 0 Å². The molecule has 1 amide bonds. The van der Waals surface area contributed by atoms with Gasteiger partial charge in [-0.05, 0) is 61.6 Å². The summed E-state index contributed by atoms with van der Waals surface area (Å²) < 4.78 is 1.77. The van der Waals surface area contributed by atoms with E-state index in [1.165, 1.54) is 5.56 Å². The van der Waals surface area contributed by atoms with Gasteiger partial charge in [0.05, 0.1) is 12.3 Å². The van der Waals surface area contributed by atoms with Gasteiger partial charge in [0, 0.05) is 36.5 Å². The van der Waals surface area contributed by atoms with Crippen molar-refractivity contribution in [2.24, 2.45) is 5.41 Å². The van der Waals surface area contributed by atoms with Crippen molar-refractivity contribution < 1.29 is 9.90 Å². The van der Waals surface area contributed by atoms with E-state index in [4.69, 9.17) is 0 Å². The Balaban J connectivity index is 1.44. The lowest BCUT2D eigenvalue weighted by molar-refractivity contribution is 0.0228. The highest BCUT2D eigenvalue weighted by molar-refractivity contribution is 5.94. The highest BCUT2D eigenvalue weighted by Gasteiger charge is 2.36. The summed E-state index contributed by atoms with van der Waals surface area (Å²) in [4.78, 5) is 15.0. The summed E-state index contributed by atoms with van der Waals surface area (Å²) in [6.07, 6.45) is 7.29. The van der Waals surface area contributed by atoms with Gasteiger partial charge in [-0.25, -0.2) is 4.68 Å². The predicted molar refractivity (Wildman–Crippen MR) is 113 cm³/mol. The Morgan fingerprint density at radius 3 is 2.55 bits per heavy atom. The molecule has 5 nitrogen and oxygen atoms in total. The van der Waals surface area contributed by atoms with Crippen LogP contribution in [0.2, 0.25) is 0 Å². The largest absolute Gasteiger partial charge is 0.396 e. The Kier molecular flexibility index (Phi) is 5.76. The lowest BCUT2D eigenvalue weighted by Crippen LogP contribution is -2.48. The molecule has 4 rings (SSSR count). The van der Waals surface area contributed by atoms with Crippen molar-refractivity contribution in [1.29, 1.82) is 0 Å². The summed E-state index contributed by atoms with van der Waals surface area (Å²) in [5, 5.41) is 14.4. The number of rotatable bonds is 6. The molecule has 0 saturated carbocycles. The first-order valence-electron chi connectivity index (χ1n) is 10.2. The minimum absolute atomic E-state index is 0.0363. The number of carbonyl (C=O) groups is 1. The minimum atomic E-state index is -0.223. The zero-order chi connectivity index (χ0) is 20.1. The number of aromatic nitrogens is 2. The molecule has 1 aromatic heterocycles. The van der Waals surface area contributed by atoms with E-state index in [2.05, 4.69) is 17.2 Å². The van der Waals surface area contributed by atoms with Crippen LogP contribution < -0.4 is 0 Å². The third-order valence-corrected chi connectivity index (χ3v) is 5.95. The van der Waals surface area contributed by atoms with Crippen molar-refractivity contribution >= 4 is 5.91 Å². The monoisotopic (exact) mass is 389 g/mol. The molecule has 3 aromatic rings. The van der Waals surface area contributed by atoms with Crippen LogP contribution in [0.5, 0.6) is 0 Å². The van der Waals surface area contributed by atoms with Gasteiger partial charge in [-0.1, -0.05) is 30.3 Å². The Labute approximate surface area is 171 Å². The molecule has 5 heteroatoms. The summed E-state index contributed by atoms with van der Waals surface area (Å²) >= 11 is 0. The summed E-state index contributed by atoms with van der Waals surface area (Å²) in [6, 6.07) is 19.8. The van der Waals surface area contributed by atoms with E-state index in [0.29, 0.717) is 12.1 Å². The second-order valence-corrected chi connectivity index (χ2v) is 7.97. The van der Waals surface area contributed by atoms with Crippen molar-refractivity contribution in [3.8, 4) is 5.69 Å². The number of piperidine rings is 1. The maximum Gasteiger partial charge on any atom is 0.253 e. The number of hydrogen-bond donors (Lipinski definition) is 1. The number of likely N-dealkylation sites (tertiary alicyclic amines) is 1. The van der Waals surface area contributed by atoms with Gasteiger partial charge < -0.3 is 10.0 Å². The van der Waals surface area contributed by atoms with Crippen LogP contribution in [0.25, 0.3) is 5.69 Å². The molecule has 1 aliphatic rings. The summed E-state index contributed by atoms with van der Waals surface area (Å²) in [5.41, 5.74) is 2.66. The molecule has 0 bridgehead atoms. The molecule has 0 unspecified atom stereocenters.